The highest BCUT2D eigenvalue weighted by atomic mass is 35.5. The van der Waals surface area contributed by atoms with E-state index in [9.17, 15) is 4.79 Å². The fourth-order valence-electron chi connectivity index (χ4n) is 3.66. The van der Waals surface area contributed by atoms with Crippen LogP contribution in [-0.2, 0) is 9.53 Å². The summed E-state index contributed by atoms with van der Waals surface area (Å²) >= 11 is 1.77. The highest BCUT2D eigenvalue weighted by molar-refractivity contribution is 7.10. The minimum atomic E-state index is 0. The first kappa shape index (κ1) is 22.7. The summed E-state index contributed by atoms with van der Waals surface area (Å²) in [6, 6.07) is 4.73. The molecule has 1 aliphatic heterocycles. The zero-order valence-electron chi connectivity index (χ0n) is 14.6. The molecule has 3 atom stereocenters. The zero-order valence-corrected chi connectivity index (χ0v) is 17.1. The molecule has 144 valence electrons. The van der Waals surface area contributed by atoms with Crippen LogP contribution >= 0.6 is 36.2 Å². The summed E-state index contributed by atoms with van der Waals surface area (Å²) in [5, 5.41) is 2.11. The van der Waals surface area contributed by atoms with Crippen LogP contribution in [0.15, 0.2) is 17.5 Å². The van der Waals surface area contributed by atoms with Gasteiger partial charge in [-0.05, 0) is 30.7 Å². The molecule has 2 fully saturated rings. The van der Waals surface area contributed by atoms with Gasteiger partial charge in [-0.15, -0.1) is 36.2 Å². The van der Waals surface area contributed by atoms with Crippen molar-refractivity contribution in [1.82, 2.24) is 9.80 Å². The number of nitrogens with two attached hydrogens (primary N) is 1. The van der Waals surface area contributed by atoms with Crippen molar-refractivity contribution < 1.29 is 9.53 Å². The predicted molar refractivity (Wildman–Crippen MR) is 107 cm³/mol. The van der Waals surface area contributed by atoms with Gasteiger partial charge >= 0.3 is 0 Å². The SMILES string of the molecule is CN(CC(c1cccs1)N1CCOCC1)C(=O)C1CCC(N)C1.Cl.Cl. The first-order valence-corrected chi connectivity index (χ1v) is 9.39. The van der Waals surface area contributed by atoms with Crippen molar-refractivity contribution in [2.24, 2.45) is 11.7 Å². The van der Waals surface area contributed by atoms with Crippen LogP contribution in [0.25, 0.3) is 0 Å². The van der Waals surface area contributed by atoms with E-state index in [2.05, 4.69) is 22.4 Å². The first-order valence-electron chi connectivity index (χ1n) is 8.51. The number of hydrogen-bond donors (Lipinski definition) is 1. The summed E-state index contributed by atoms with van der Waals surface area (Å²) in [4.78, 5) is 18.4. The van der Waals surface area contributed by atoms with Crippen LogP contribution in [0.1, 0.15) is 30.2 Å². The Bertz CT molecular complexity index is 512. The van der Waals surface area contributed by atoms with Gasteiger partial charge in [-0.25, -0.2) is 0 Å². The van der Waals surface area contributed by atoms with Crippen LogP contribution in [0, 0.1) is 5.92 Å². The molecule has 25 heavy (non-hydrogen) atoms. The molecule has 3 rings (SSSR count). The molecule has 1 saturated carbocycles. The maximum atomic E-state index is 12.7. The van der Waals surface area contributed by atoms with E-state index in [-0.39, 0.29) is 48.7 Å². The van der Waals surface area contributed by atoms with Crippen molar-refractivity contribution in [2.75, 3.05) is 39.9 Å². The molecule has 2 N–H and O–H groups in total. The lowest BCUT2D eigenvalue weighted by Crippen LogP contribution is -2.45. The minimum absolute atomic E-state index is 0. The van der Waals surface area contributed by atoms with Crippen LogP contribution in [-0.4, -0.2) is 61.6 Å². The lowest BCUT2D eigenvalue weighted by molar-refractivity contribution is -0.135. The number of halogens is 2. The lowest BCUT2D eigenvalue weighted by atomic mass is 10.1. The Labute approximate surface area is 166 Å². The van der Waals surface area contributed by atoms with Gasteiger partial charge in [0.15, 0.2) is 0 Å². The standard InChI is InChI=1S/C17H27N3O2S.2ClH/c1-19(17(21)13-4-5-14(18)11-13)12-15(16-3-2-10-23-16)20-6-8-22-9-7-20;;/h2-3,10,13-15H,4-9,11-12,18H2,1H3;2*1H. The van der Waals surface area contributed by atoms with E-state index >= 15 is 0 Å². The average molecular weight is 410 g/mol. The van der Waals surface area contributed by atoms with Crippen LogP contribution < -0.4 is 5.73 Å². The fraction of sp³-hybridized carbons (Fsp3) is 0.706. The molecule has 1 aromatic heterocycles. The van der Waals surface area contributed by atoms with E-state index < -0.39 is 0 Å². The number of carbonyl (C=O) groups excluding carboxylic acids is 1. The van der Waals surface area contributed by atoms with Crippen molar-refractivity contribution >= 4 is 42.1 Å². The molecule has 8 heteroatoms. The normalized spacial score (nSPS) is 24.9. The van der Waals surface area contributed by atoms with Gasteiger partial charge in [0.2, 0.25) is 5.91 Å². The molecular formula is C17H29Cl2N3O2S. The summed E-state index contributed by atoms with van der Waals surface area (Å²) in [5.41, 5.74) is 5.97. The van der Waals surface area contributed by atoms with Crippen LogP contribution in [0.3, 0.4) is 0 Å². The second-order valence-corrected chi connectivity index (χ2v) is 7.65. The molecule has 0 aromatic carbocycles. The molecule has 0 bridgehead atoms. The number of morpholine rings is 1. The maximum absolute atomic E-state index is 12.7. The van der Waals surface area contributed by atoms with E-state index in [4.69, 9.17) is 10.5 Å². The molecule has 3 unspecified atom stereocenters. The summed E-state index contributed by atoms with van der Waals surface area (Å²) in [5.74, 6) is 0.372. The van der Waals surface area contributed by atoms with Gasteiger partial charge in [0.05, 0.1) is 19.3 Å². The Morgan fingerprint density at radius 3 is 2.68 bits per heavy atom. The van der Waals surface area contributed by atoms with Crippen molar-refractivity contribution in [3.8, 4) is 0 Å². The summed E-state index contributed by atoms with van der Waals surface area (Å²) in [7, 11) is 1.94. The average Bonchev–Trinajstić information content (AvgIpc) is 3.24. The third kappa shape index (κ3) is 5.81. The van der Waals surface area contributed by atoms with Crippen LogP contribution in [0.5, 0.6) is 0 Å². The number of hydrogen-bond acceptors (Lipinski definition) is 5. The van der Waals surface area contributed by atoms with Gasteiger partial charge in [0.1, 0.15) is 0 Å². The molecule has 2 aliphatic rings. The summed E-state index contributed by atoms with van der Waals surface area (Å²) in [6.45, 7) is 4.15. The quantitative estimate of drug-likeness (QED) is 0.811. The minimum Gasteiger partial charge on any atom is -0.379 e. The molecule has 5 nitrogen and oxygen atoms in total. The van der Waals surface area contributed by atoms with Gasteiger partial charge < -0.3 is 15.4 Å². The van der Waals surface area contributed by atoms with Gasteiger partial charge in [-0.1, -0.05) is 6.07 Å². The molecule has 0 spiro atoms. The Hall–Kier alpha value is -0.370. The fourth-order valence-corrected chi connectivity index (χ4v) is 4.51. The van der Waals surface area contributed by atoms with Crippen molar-refractivity contribution in [3.05, 3.63) is 22.4 Å². The largest absolute Gasteiger partial charge is 0.379 e. The van der Waals surface area contributed by atoms with Crippen molar-refractivity contribution in [3.63, 3.8) is 0 Å². The Morgan fingerprint density at radius 2 is 2.12 bits per heavy atom. The number of thiophene rings is 1. The first-order chi connectivity index (χ1) is 11.1. The van der Waals surface area contributed by atoms with E-state index in [1.165, 1.54) is 4.88 Å². The Morgan fingerprint density at radius 1 is 1.40 bits per heavy atom. The van der Waals surface area contributed by atoms with Gasteiger partial charge in [0.25, 0.3) is 0 Å². The number of rotatable bonds is 5. The number of carbonyl (C=O) groups is 1. The summed E-state index contributed by atoms with van der Waals surface area (Å²) in [6.07, 6.45) is 2.75. The monoisotopic (exact) mass is 409 g/mol. The van der Waals surface area contributed by atoms with Gasteiger partial charge in [-0.2, -0.15) is 0 Å². The van der Waals surface area contributed by atoms with Crippen molar-refractivity contribution in [2.45, 2.75) is 31.3 Å². The number of nitrogens with zero attached hydrogens (tertiary/aromatic N) is 2. The van der Waals surface area contributed by atoms with E-state index in [0.717, 1.165) is 52.1 Å². The molecule has 0 radical (unpaired) electrons. The smallest absolute Gasteiger partial charge is 0.225 e. The number of ether oxygens (including phenoxy) is 1. The number of amides is 1. The van der Waals surface area contributed by atoms with E-state index in [0.29, 0.717) is 0 Å². The Balaban J connectivity index is 0.00000156. The second-order valence-electron chi connectivity index (χ2n) is 6.67. The van der Waals surface area contributed by atoms with E-state index in [1.807, 2.05) is 11.9 Å². The molecule has 1 aromatic rings. The number of likely N-dealkylation sites (N-methyl/N-ethyl adjacent to an activating group) is 1. The molecule has 1 aliphatic carbocycles. The highest BCUT2D eigenvalue weighted by Crippen LogP contribution is 2.29. The lowest BCUT2D eigenvalue weighted by Gasteiger charge is -2.36. The van der Waals surface area contributed by atoms with E-state index in [1.54, 1.807) is 11.3 Å². The second kappa shape index (κ2) is 10.7. The Kier molecular flexibility index (Phi) is 9.70. The highest BCUT2D eigenvalue weighted by Gasteiger charge is 2.32. The molecular weight excluding hydrogens is 381 g/mol. The summed E-state index contributed by atoms with van der Waals surface area (Å²) < 4.78 is 5.48. The topological polar surface area (TPSA) is 58.8 Å². The van der Waals surface area contributed by atoms with Gasteiger partial charge in [-0.3, -0.25) is 9.69 Å². The molecule has 1 saturated heterocycles. The molecule has 1 amide bonds. The molecule has 2 heterocycles. The maximum Gasteiger partial charge on any atom is 0.225 e. The third-order valence-corrected chi connectivity index (χ3v) is 5.98. The predicted octanol–water partition coefficient (Wildman–Crippen LogP) is 2.55. The van der Waals surface area contributed by atoms with Gasteiger partial charge in [0, 0.05) is 43.5 Å². The van der Waals surface area contributed by atoms with Crippen molar-refractivity contribution in [1.29, 1.82) is 0 Å². The van der Waals surface area contributed by atoms with Crippen LogP contribution in [0.4, 0.5) is 0 Å². The zero-order chi connectivity index (χ0) is 16.2. The van der Waals surface area contributed by atoms with Crippen LogP contribution in [0.2, 0.25) is 0 Å². The third-order valence-electron chi connectivity index (χ3n) is 5.00.